The van der Waals surface area contributed by atoms with E-state index in [0.29, 0.717) is 16.4 Å². The third kappa shape index (κ3) is 2.62. The zero-order valence-corrected chi connectivity index (χ0v) is 13.2. The average Bonchev–Trinajstić information content (AvgIpc) is 3.16. The van der Waals surface area contributed by atoms with Crippen molar-refractivity contribution < 1.29 is 18.3 Å². The topological polar surface area (TPSA) is 89.3 Å². The molecule has 0 unspecified atom stereocenters. The van der Waals surface area contributed by atoms with Gasteiger partial charge in [-0.1, -0.05) is 11.6 Å². The summed E-state index contributed by atoms with van der Waals surface area (Å²) in [6, 6.07) is 4.31. The maximum Gasteiger partial charge on any atom is 0.339 e. The zero-order valence-electron chi connectivity index (χ0n) is 11.7. The molecule has 1 fully saturated rings. The van der Waals surface area contributed by atoms with Crippen LogP contribution in [-0.4, -0.2) is 35.5 Å². The number of rotatable bonds is 4. The van der Waals surface area contributed by atoms with Gasteiger partial charge in [0.25, 0.3) is 0 Å². The van der Waals surface area contributed by atoms with E-state index in [1.807, 2.05) is 0 Å². The van der Waals surface area contributed by atoms with Crippen molar-refractivity contribution in [1.82, 2.24) is 9.78 Å². The number of carbonyl (C=O) groups is 1. The van der Waals surface area contributed by atoms with Crippen LogP contribution in [0.4, 0.5) is 0 Å². The summed E-state index contributed by atoms with van der Waals surface area (Å²) >= 11 is 6.16. The summed E-state index contributed by atoms with van der Waals surface area (Å²) in [5, 5.41) is 13.7. The quantitative estimate of drug-likeness (QED) is 0.923. The maximum absolute atomic E-state index is 11.7. The molecule has 1 aromatic carbocycles. The normalized spacial score (nSPS) is 15.0. The van der Waals surface area contributed by atoms with Gasteiger partial charge in [0.2, 0.25) is 0 Å². The lowest BCUT2D eigenvalue weighted by Gasteiger charge is -2.11. The van der Waals surface area contributed by atoms with Crippen molar-refractivity contribution in [2.45, 2.75) is 23.7 Å². The van der Waals surface area contributed by atoms with Gasteiger partial charge in [0.05, 0.1) is 27.5 Å². The number of benzene rings is 1. The molecule has 8 heteroatoms. The fourth-order valence-corrected chi connectivity index (χ4v) is 3.19. The molecule has 0 radical (unpaired) electrons. The molecule has 3 rings (SSSR count). The average molecular weight is 341 g/mol. The molecule has 2 aromatic rings. The van der Waals surface area contributed by atoms with Crippen LogP contribution in [0.15, 0.2) is 29.3 Å². The van der Waals surface area contributed by atoms with Gasteiger partial charge in [0, 0.05) is 12.2 Å². The van der Waals surface area contributed by atoms with Gasteiger partial charge in [-0.25, -0.2) is 17.9 Å². The molecule has 1 aliphatic rings. The molecule has 6 nitrogen and oxygen atoms in total. The van der Waals surface area contributed by atoms with E-state index in [4.69, 9.17) is 11.6 Å². The summed E-state index contributed by atoms with van der Waals surface area (Å²) in [7, 11) is -3.39. The van der Waals surface area contributed by atoms with E-state index in [-0.39, 0.29) is 16.4 Å². The second-order valence-corrected chi connectivity index (χ2v) is 7.74. The van der Waals surface area contributed by atoms with Crippen molar-refractivity contribution in [2.75, 3.05) is 6.26 Å². The Kier molecular flexibility index (Phi) is 3.49. The predicted octanol–water partition coefficient (Wildman–Crippen LogP) is 2.50. The highest BCUT2D eigenvalue weighted by Crippen LogP contribution is 2.43. The Morgan fingerprint density at radius 2 is 2.09 bits per heavy atom. The first-order chi connectivity index (χ1) is 10.3. The molecular formula is C14H13ClN2O4S. The van der Waals surface area contributed by atoms with E-state index in [1.165, 1.54) is 29.1 Å². The maximum atomic E-state index is 11.7. The van der Waals surface area contributed by atoms with Crippen molar-refractivity contribution in [2.24, 2.45) is 0 Å². The van der Waals surface area contributed by atoms with Gasteiger partial charge in [-0.15, -0.1) is 0 Å². The van der Waals surface area contributed by atoms with Gasteiger partial charge >= 0.3 is 5.97 Å². The second kappa shape index (κ2) is 5.10. The highest BCUT2D eigenvalue weighted by Gasteiger charge is 2.33. The van der Waals surface area contributed by atoms with E-state index in [1.54, 1.807) is 0 Å². The summed E-state index contributed by atoms with van der Waals surface area (Å²) in [6.45, 7) is 0. The first kappa shape index (κ1) is 15.1. The minimum Gasteiger partial charge on any atom is -0.478 e. The number of carboxylic acids is 1. The molecule has 1 aliphatic carbocycles. The summed E-state index contributed by atoms with van der Waals surface area (Å²) < 4.78 is 24.9. The number of halogens is 1. The number of sulfone groups is 1. The van der Waals surface area contributed by atoms with Crippen LogP contribution in [0.5, 0.6) is 0 Å². The largest absolute Gasteiger partial charge is 0.478 e. The lowest BCUT2D eigenvalue weighted by atomic mass is 10.1. The Balaban J connectivity index is 2.22. The Bertz CT molecular complexity index is 869. The zero-order chi connectivity index (χ0) is 16.1. The minimum absolute atomic E-state index is 0.112. The third-order valence-corrected chi connectivity index (χ3v) is 5.00. The Hall–Kier alpha value is -1.86. The van der Waals surface area contributed by atoms with Crippen LogP contribution in [0.3, 0.4) is 0 Å². The van der Waals surface area contributed by atoms with Crippen molar-refractivity contribution in [3.63, 3.8) is 0 Å². The van der Waals surface area contributed by atoms with Crippen molar-refractivity contribution in [3.8, 4) is 5.69 Å². The van der Waals surface area contributed by atoms with Gasteiger partial charge in [0.1, 0.15) is 5.56 Å². The minimum atomic E-state index is -3.39. The molecular weight excluding hydrogens is 328 g/mol. The van der Waals surface area contributed by atoms with E-state index >= 15 is 0 Å². The van der Waals surface area contributed by atoms with Crippen LogP contribution < -0.4 is 0 Å². The van der Waals surface area contributed by atoms with E-state index in [9.17, 15) is 18.3 Å². The molecule has 0 atom stereocenters. The number of aromatic nitrogens is 2. The molecule has 0 spiro atoms. The van der Waals surface area contributed by atoms with Crippen LogP contribution in [0, 0.1) is 0 Å². The van der Waals surface area contributed by atoms with Crippen LogP contribution in [0.25, 0.3) is 5.69 Å². The lowest BCUT2D eigenvalue weighted by molar-refractivity contribution is 0.0695. The summed E-state index contributed by atoms with van der Waals surface area (Å²) in [5.74, 6) is -0.935. The van der Waals surface area contributed by atoms with Gasteiger partial charge < -0.3 is 5.11 Å². The van der Waals surface area contributed by atoms with Crippen LogP contribution in [0.2, 0.25) is 5.02 Å². The molecule has 0 amide bonds. The number of aromatic carboxylic acids is 1. The third-order valence-electron chi connectivity index (χ3n) is 3.57. The second-order valence-electron chi connectivity index (χ2n) is 5.32. The fourth-order valence-electron chi connectivity index (χ4n) is 2.35. The standard InChI is InChI=1S/C14H13ClN2O4S/c1-22(20,21)9-4-5-11(15)12(6-9)17-13(8-2-3-8)10(7-16-17)14(18)19/h4-8H,2-3H2,1H3,(H,18,19). The van der Waals surface area contributed by atoms with Crippen LogP contribution in [-0.2, 0) is 9.84 Å². The van der Waals surface area contributed by atoms with Gasteiger partial charge in [-0.05, 0) is 31.0 Å². The van der Waals surface area contributed by atoms with E-state index in [0.717, 1.165) is 19.1 Å². The smallest absolute Gasteiger partial charge is 0.339 e. The predicted molar refractivity (Wildman–Crippen MR) is 80.6 cm³/mol. The van der Waals surface area contributed by atoms with Gasteiger partial charge in [0.15, 0.2) is 9.84 Å². The van der Waals surface area contributed by atoms with Gasteiger partial charge in [-0.3, -0.25) is 0 Å². The Labute approximate surface area is 132 Å². The molecule has 0 saturated heterocycles. The first-order valence-electron chi connectivity index (χ1n) is 6.60. The Morgan fingerprint density at radius 1 is 1.41 bits per heavy atom. The molecule has 1 aromatic heterocycles. The number of hydrogen-bond acceptors (Lipinski definition) is 4. The lowest BCUT2D eigenvalue weighted by Crippen LogP contribution is -2.07. The van der Waals surface area contributed by atoms with E-state index in [2.05, 4.69) is 5.10 Å². The number of hydrogen-bond donors (Lipinski definition) is 1. The SMILES string of the molecule is CS(=O)(=O)c1ccc(Cl)c(-n2ncc(C(=O)O)c2C2CC2)c1. The van der Waals surface area contributed by atoms with E-state index < -0.39 is 15.8 Å². The first-order valence-corrected chi connectivity index (χ1v) is 8.87. The highest BCUT2D eigenvalue weighted by atomic mass is 35.5. The molecule has 22 heavy (non-hydrogen) atoms. The van der Waals surface area contributed by atoms with Gasteiger partial charge in [-0.2, -0.15) is 5.10 Å². The Morgan fingerprint density at radius 3 is 2.64 bits per heavy atom. The monoisotopic (exact) mass is 340 g/mol. The molecule has 0 aliphatic heterocycles. The number of carboxylic acid groups (broad SMARTS) is 1. The molecule has 0 bridgehead atoms. The number of nitrogens with zero attached hydrogens (tertiary/aromatic N) is 2. The molecule has 1 N–H and O–H groups in total. The van der Waals surface area contributed by atoms with Crippen molar-refractivity contribution in [3.05, 3.63) is 40.7 Å². The highest BCUT2D eigenvalue weighted by molar-refractivity contribution is 7.90. The molecule has 116 valence electrons. The summed E-state index contributed by atoms with van der Waals surface area (Å²) in [4.78, 5) is 11.4. The van der Waals surface area contributed by atoms with Crippen molar-refractivity contribution >= 4 is 27.4 Å². The summed E-state index contributed by atoms with van der Waals surface area (Å²) in [6.07, 6.45) is 4.15. The molecule has 1 saturated carbocycles. The molecule has 1 heterocycles. The fraction of sp³-hybridized carbons (Fsp3) is 0.286. The van der Waals surface area contributed by atoms with Crippen molar-refractivity contribution in [1.29, 1.82) is 0 Å². The summed E-state index contributed by atoms with van der Waals surface area (Å²) in [5.41, 5.74) is 1.07. The van der Waals surface area contributed by atoms with Crippen LogP contribution >= 0.6 is 11.6 Å². The van der Waals surface area contributed by atoms with Crippen LogP contribution in [0.1, 0.15) is 34.8 Å².